The van der Waals surface area contributed by atoms with Gasteiger partial charge < -0.3 is 24.8 Å². The number of nitrogens with zero attached hydrogens (tertiary/aromatic N) is 2. The minimum atomic E-state index is -0.139. The van der Waals surface area contributed by atoms with Gasteiger partial charge in [-0.05, 0) is 55.7 Å². The van der Waals surface area contributed by atoms with Crippen molar-refractivity contribution >= 4 is 40.2 Å². The minimum Gasteiger partial charge on any atom is -0.466 e. The van der Waals surface area contributed by atoms with Crippen LogP contribution in [0.25, 0.3) is 10.9 Å². The third-order valence-electron chi connectivity index (χ3n) is 5.20. The van der Waals surface area contributed by atoms with E-state index in [-0.39, 0.29) is 12.8 Å². The summed E-state index contributed by atoms with van der Waals surface area (Å²) < 4.78 is 15.8. The summed E-state index contributed by atoms with van der Waals surface area (Å²) in [6.07, 6.45) is 3.08. The molecule has 1 aliphatic rings. The second-order valence-corrected chi connectivity index (χ2v) is 8.08. The third-order valence-corrected chi connectivity index (χ3v) is 5.44. The molecule has 8 nitrogen and oxygen atoms in total. The van der Waals surface area contributed by atoms with Gasteiger partial charge in [-0.2, -0.15) is 4.98 Å². The fourth-order valence-corrected chi connectivity index (χ4v) is 3.73. The number of halogens is 1. The number of ether oxygens (including phenoxy) is 3. The number of aromatic nitrogens is 2. The lowest BCUT2D eigenvalue weighted by atomic mass is 10.2. The number of anilines is 2. The van der Waals surface area contributed by atoms with Crippen LogP contribution in [-0.4, -0.2) is 35.9 Å². The van der Waals surface area contributed by atoms with E-state index in [0.29, 0.717) is 42.9 Å². The molecule has 0 spiro atoms. The number of hydrogen-bond acceptors (Lipinski definition) is 8. The monoisotopic (exact) mass is 470 g/mol. The topological polar surface area (TPSA) is 94.6 Å². The van der Waals surface area contributed by atoms with Crippen LogP contribution in [0.4, 0.5) is 11.8 Å². The standard InChI is InChI=1S/C24H27ClN4O4/c1-2-31-22(30)6-4-3-5-11-26-24-28-19-9-8-17(25)13-18(19)23(29-24)27-14-16-7-10-20-21(12-16)33-15-32-20/h7-10,12-13H,2-6,11,14-15H2,1H3,(H2,26,27,28,29). The molecular formula is C24H27ClN4O4. The van der Waals surface area contributed by atoms with Gasteiger partial charge in [-0.3, -0.25) is 4.79 Å². The van der Waals surface area contributed by atoms with Gasteiger partial charge in [-0.25, -0.2) is 4.98 Å². The van der Waals surface area contributed by atoms with E-state index in [4.69, 9.17) is 25.8 Å². The molecule has 0 saturated heterocycles. The van der Waals surface area contributed by atoms with Crippen molar-refractivity contribution in [2.24, 2.45) is 0 Å². The van der Waals surface area contributed by atoms with Crippen molar-refractivity contribution in [3.05, 3.63) is 47.0 Å². The molecular weight excluding hydrogens is 444 g/mol. The zero-order valence-corrected chi connectivity index (χ0v) is 19.3. The Morgan fingerprint density at radius 2 is 1.94 bits per heavy atom. The summed E-state index contributed by atoms with van der Waals surface area (Å²) in [5.74, 6) is 2.61. The Hall–Kier alpha value is -3.26. The number of rotatable bonds is 11. The highest BCUT2D eigenvalue weighted by atomic mass is 35.5. The molecule has 33 heavy (non-hydrogen) atoms. The molecule has 3 aromatic rings. The fourth-order valence-electron chi connectivity index (χ4n) is 3.56. The average Bonchev–Trinajstić information content (AvgIpc) is 3.28. The molecule has 0 saturated carbocycles. The van der Waals surface area contributed by atoms with E-state index in [1.165, 1.54) is 0 Å². The third kappa shape index (κ3) is 6.16. The minimum absolute atomic E-state index is 0.139. The number of unbranched alkanes of at least 4 members (excludes halogenated alkanes) is 2. The molecule has 0 bridgehead atoms. The predicted molar refractivity (Wildman–Crippen MR) is 128 cm³/mol. The molecule has 0 atom stereocenters. The predicted octanol–water partition coefficient (Wildman–Crippen LogP) is 5.16. The van der Waals surface area contributed by atoms with Crippen molar-refractivity contribution in [2.45, 2.75) is 39.2 Å². The Morgan fingerprint density at radius 1 is 1.06 bits per heavy atom. The summed E-state index contributed by atoms with van der Waals surface area (Å²) in [5.41, 5.74) is 1.84. The smallest absolute Gasteiger partial charge is 0.305 e. The van der Waals surface area contributed by atoms with Gasteiger partial charge in [0.15, 0.2) is 11.5 Å². The highest BCUT2D eigenvalue weighted by molar-refractivity contribution is 6.31. The summed E-state index contributed by atoms with van der Waals surface area (Å²) >= 11 is 6.22. The van der Waals surface area contributed by atoms with Crippen LogP contribution in [0, 0.1) is 0 Å². The Bertz CT molecular complexity index is 1130. The number of hydrogen-bond donors (Lipinski definition) is 2. The van der Waals surface area contributed by atoms with E-state index in [0.717, 1.165) is 47.2 Å². The van der Waals surface area contributed by atoms with E-state index < -0.39 is 0 Å². The van der Waals surface area contributed by atoms with Crippen molar-refractivity contribution in [3.63, 3.8) is 0 Å². The molecule has 4 rings (SSSR count). The van der Waals surface area contributed by atoms with Crippen molar-refractivity contribution in [1.29, 1.82) is 0 Å². The van der Waals surface area contributed by atoms with Crippen LogP contribution in [-0.2, 0) is 16.1 Å². The summed E-state index contributed by atoms with van der Waals surface area (Å²) in [7, 11) is 0. The maximum absolute atomic E-state index is 11.4. The second kappa shape index (κ2) is 11.0. The van der Waals surface area contributed by atoms with Crippen molar-refractivity contribution in [1.82, 2.24) is 9.97 Å². The number of carbonyl (C=O) groups excluding carboxylic acids is 1. The molecule has 2 N–H and O–H groups in total. The van der Waals surface area contributed by atoms with E-state index >= 15 is 0 Å². The van der Waals surface area contributed by atoms with Crippen LogP contribution in [0.3, 0.4) is 0 Å². The lowest BCUT2D eigenvalue weighted by molar-refractivity contribution is -0.143. The summed E-state index contributed by atoms with van der Waals surface area (Å²) in [5, 5.41) is 8.16. The molecule has 2 aromatic carbocycles. The zero-order valence-electron chi connectivity index (χ0n) is 18.5. The average molecular weight is 471 g/mol. The van der Waals surface area contributed by atoms with Crippen LogP contribution < -0.4 is 20.1 Å². The molecule has 0 aliphatic carbocycles. The second-order valence-electron chi connectivity index (χ2n) is 7.64. The van der Waals surface area contributed by atoms with E-state index in [1.807, 2.05) is 43.3 Å². The van der Waals surface area contributed by atoms with Gasteiger partial charge in [0.1, 0.15) is 5.82 Å². The van der Waals surface area contributed by atoms with Crippen LogP contribution >= 0.6 is 11.6 Å². The molecule has 0 unspecified atom stereocenters. The van der Waals surface area contributed by atoms with Gasteiger partial charge in [-0.15, -0.1) is 0 Å². The first kappa shape index (κ1) is 22.9. The normalized spacial score (nSPS) is 12.1. The lowest BCUT2D eigenvalue weighted by Crippen LogP contribution is -2.09. The molecule has 174 valence electrons. The van der Waals surface area contributed by atoms with Crippen molar-refractivity contribution < 1.29 is 19.0 Å². The van der Waals surface area contributed by atoms with Crippen molar-refractivity contribution in [3.8, 4) is 11.5 Å². The Morgan fingerprint density at radius 3 is 2.82 bits per heavy atom. The first-order valence-electron chi connectivity index (χ1n) is 11.1. The van der Waals surface area contributed by atoms with E-state index in [9.17, 15) is 4.79 Å². The highest BCUT2D eigenvalue weighted by Crippen LogP contribution is 2.33. The Kier molecular flexibility index (Phi) is 7.67. The van der Waals surface area contributed by atoms with Gasteiger partial charge >= 0.3 is 5.97 Å². The molecule has 1 aromatic heterocycles. The van der Waals surface area contributed by atoms with Crippen LogP contribution in [0.5, 0.6) is 11.5 Å². The largest absolute Gasteiger partial charge is 0.466 e. The molecule has 0 fully saturated rings. The van der Waals surface area contributed by atoms with Crippen LogP contribution in [0.15, 0.2) is 36.4 Å². The molecule has 1 aliphatic heterocycles. The maximum Gasteiger partial charge on any atom is 0.305 e. The zero-order chi connectivity index (χ0) is 23.0. The number of fused-ring (bicyclic) bond motifs is 2. The molecule has 9 heteroatoms. The number of benzene rings is 2. The SMILES string of the molecule is CCOC(=O)CCCCCNc1nc(NCc2ccc3c(c2)OCO3)c2cc(Cl)ccc2n1. The summed E-state index contributed by atoms with van der Waals surface area (Å²) in [6.45, 7) is 3.76. The first-order valence-corrected chi connectivity index (χ1v) is 11.5. The first-order chi connectivity index (χ1) is 16.1. The number of nitrogens with one attached hydrogen (secondary N) is 2. The molecule has 2 heterocycles. The molecule has 0 radical (unpaired) electrons. The Balaban J connectivity index is 1.39. The maximum atomic E-state index is 11.4. The summed E-state index contributed by atoms with van der Waals surface area (Å²) in [6, 6.07) is 11.4. The van der Waals surface area contributed by atoms with Crippen LogP contribution in [0.2, 0.25) is 5.02 Å². The lowest BCUT2D eigenvalue weighted by Gasteiger charge is -2.12. The highest BCUT2D eigenvalue weighted by Gasteiger charge is 2.14. The number of carbonyl (C=O) groups is 1. The van der Waals surface area contributed by atoms with E-state index in [1.54, 1.807) is 0 Å². The van der Waals surface area contributed by atoms with Gasteiger partial charge in [0.05, 0.1) is 12.1 Å². The quantitative estimate of drug-likeness (QED) is 0.293. The van der Waals surface area contributed by atoms with Crippen LogP contribution in [0.1, 0.15) is 38.2 Å². The van der Waals surface area contributed by atoms with E-state index in [2.05, 4.69) is 20.6 Å². The Labute approximate surface area is 197 Å². The molecule has 0 amide bonds. The van der Waals surface area contributed by atoms with Crippen molar-refractivity contribution in [2.75, 3.05) is 30.6 Å². The van der Waals surface area contributed by atoms with Gasteiger partial charge in [0.2, 0.25) is 12.7 Å². The fraction of sp³-hybridized carbons (Fsp3) is 0.375. The summed E-state index contributed by atoms with van der Waals surface area (Å²) in [4.78, 5) is 20.7. The number of esters is 1. The van der Waals surface area contributed by atoms with Gasteiger partial charge in [0.25, 0.3) is 0 Å². The van der Waals surface area contributed by atoms with Gasteiger partial charge in [0, 0.05) is 29.9 Å². The van der Waals surface area contributed by atoms with Gasteiger partial charge in [-0.1, -0.05) is 24.1 Å².